The van der Waals surface area contributed by atoms with Crippen molar-refractivity contribution in [1.29, 1.82) is 0 Å². The minimum atomic E-state index is -2.87. The Hall–Kier alpha value is -0.170. The molecule has 0 aromatic heterocycles. The van der Waals surface area contributed by atoms with Gasteiger partial charge in [0.05, 0.1) is 31.6 Å². The van der Waals surface area contributed by atoms with Gasteiger partial charge < -0.3 is 9.84 Å². The van der Waals surface area contributed by atoms with Crippen LogP contribution in [0.3, 0.4) is 0 Å². The van der Waals surface area contributed by atoms with Crippen LogP contribution in [0.4, 0.5) is 0 Å². The summed E-state index contributed by atoms with van der Waals surface area (Å²) in [5.74, 6) is 0.211. The Labute approximate surface area is 90.9 Å². The van der Waals surface area contributed by atoms with E-state index < -0.39 is 9.84 Å². The van der Waals surface area contributed by atoms with Gasteiger partial charge >= 0.3 is 0 Å². The summed E-state index contributed by atoms with van der Waals surface area (Å²) in [6.07, 6.45) is 1.87. The quantitative estimate of drug-likeness (QED) is 0.672. The van der Waals surface area contributed by atoms with Crippen LogP contribution in [0.5, 0.6) is 0 Å². The van der Waals surface area contributed by atoms with E-state index >= 15 is 0 Å². The number of ether oxygens (including phenoxy) is 1. The second-order valence-electron chi connectivity index (χ2n) is 3.93. The van der Waals surface area contributed by atoms with E-state index in [1.807, 2.05) is 0 Å². The zero-order valence-corrected chi connectivity index (χ0v) is 9.87. The zero-order valence-electron chi connectivity index (χ0n) is 9.05. The number of hydrogen-bond donors (Lipinski definition) is 1. The number of hydrogen-bond acceptors (Lipinski definition) is 5. The normalized spacial score (nSPS) is 24.3. The van der Waals surface area contributed by atoms with Crippen LogP contribution in [0, 0.1) is 0 Å². The van der Waals surface area contributed by atoms with Gasteiger partial charge in [0.1, 0.15) is 9.84 Å². The van der Waals surface area contributed by atoms with Gasteiger partial charge in [-0.3, -0.25) is 4.90 Å². The SMILES string of the molecule is CS(=O)(=O)CCCN1CCOCC1CO. The summed E-state index contributed by atoms with van der Waals surface area (Å²) in [4.78, 5) is 2.09. The first-order valence-corrected chi connectivity index (χ1v) is 7.19. The van der Waals surface area contributed by atoms with Gasteiger partial charge in [0, 0.05) is 12.8 Å². The van der Waals surface area contributed by atoms with Gasteiger partial charge in [-0.25, -0.2) is 8.42 Å². The lowest BCUT2D eigenvalue weighted by atomic mass is 10.2. The topological polar surface area (TPSA) is 66.8 Å². The molecule has 15 heavy (non-hydrogen) atoms. The summed E-state index contributed by atoms with van der Waals surface area (Å²) in [6.45, 7) is 2.75. The van der Waals surface area contributed by atoms with Crippen LogP contribution >= 0.6 is 0 Å². The third kappa shape index (κ3) is 4.92. The molecule has 1 aliphatic heterocycles. The Bertz CT molecular complexity index is 278. The van der Waals surface area contributed by atoms with E-state index in [-0.39, 0.29) is 18.4 Å². The highest BCUT2D eigenvalue weighted by atomic mass is 32.2. The Balaban J connectivity index is 2.29. The standard InChI is InChI=1S/C9H19NO4S/c1-15(12,13)6-2-3-10-4-5-14-8-9(10)7-11/h9,11H,2-8H2,1H3. The number of rotatable bonds is 5. The summed E-state index contributed by atoms with van der Waals surface area (Å²) < 4.78 is 27.1. The molecule has 0 bridgehead atoms. The van der Waals surface area contributed by atoms with E-state index in [9.17, 15) is 8.42 Å². The van der Waals surface area contributed by atoms with Crippen molar-refractivity contribution in [3.63, 3.8) is 0 Å². The molecule has 1 aliphatic rings. The van der Waals surface area contributed by atoms with E-state index in [1.165, 1.54) is 6.26 Å². The average molecular weight is 237 g/mol. The number of aliphatic hydroxyl groups excluding tert-OH is 1. The molecule has 1 atom stereocenters. The first-order valence-electron chi connectivity index (χ1n) is 5.13. The largest absolute Gasteiger partial charge is 0.395 e. The molecule has 0 aromatic carbocycles. The molecular formula is C9H19NO4S. The average Bonchev–Trinajstić information content (AvgIpc) is 2.16. The lowest BCUT2D eigenvalue weighted by Crippen LogP contribution is -2.48. The van der Waals surface area contributed by atoms with Crippen LogP contribution in [0.2, 0.25) is 0 Å². The van der Waals surface area contributed by atoms with E-state index in [0.717, 1.165) is 6.54 Å². The molecule has 0 amide bonds. The lowest BCUT2D eigenvalue weighted by molar-refractivity contribution is -0.0270. The van der Waals surface area contributed by atoms with E-state index in [0.29, 0.717) is 26.2 Å². The molecule has 1 rings (SSSR count). The van der Waals surface area contributed by atoms with Gasteiger partial charge in [0.2, 0.25) is 0 Å². The van der Waals surface area contributed by atoms with Gasteiger partial charge in [-0.15, -0.1) is 0 Å². The highest BCUT2D eigenvalue weighted by molar-refractivity contribution is 7.90. The summed E-state index contributed by atoms with van der Waals surface area (Å²) >= 11 is 0. The second-order valence-corrected chi connectivity index (χ2v) is 6.19. The van der Waals surface area contributed by atoms with Crippen LogP contribution in [-0.2, 0) is 14.6 Å². The maximum absolute atomic E-state index is 10.9. The first-order chi connectivity index (χ1) is 7.03. The Morgan fingerprint density at radius 2 is 2.27 bits per heavy atom. The minimum Gasteiger partial charge on any atom is -0.395 e. The van der Waals surface area contributed by atoms with Crippen LogP contribution in [-0.4, -0.2) is 69.4 Å². The molecule has 0 radical (unpaired) electrons. The molecule has 90 valence electrons. The van der Waals surface area contributed by atoms with Gasteiger partial charge in [-0.2, -0.15) is 0 Å². The first kappa shape index (κ1) is 12.9. The summed E-state index contributed by atoms with van der Waals surface area (Å²) in [6, 6.07) is 0.0262. The molecule has 1 unspecified atom stereocenters. The third-order valence-electron chi connectivity index (χ3n) is 2.52. The van der Waals surface area contributed by atoms with Crippen LogP contribution < -0.4 is 0 Å². The lowest BCUT2D eigenvalue weighted by Gasteiger charge is -2.34. The fraction of sp³-hybridized carbons (Fsp3) is 1.00. The summed E-state index contributed by atoms with van der Waals surface area (Å²) in [5, 5.41) is 9.08. The van der Waals surface area contributed by atoms with Crippen LogP contribution in [0.1, 0.15) is 6.42 Å². The molecule has 5 nitrogen and oxygen atoms in total. The molecule has 1 heterocycles. The van der Waals surface area contributed by atoms with Gasteiger partial charge in [0.25, 0.3) is 0 Å². The van der Waals surface area contributed by atoms with Crippen molar-refractivity contribution in [3.8, 4) is 0 Å². The molecule has 0 spiro atoms. The third-order valence-corrected chi connectivity index (χ3v) is 3.55. The number of morpholine rings is 1. The van der Waals surface area contributed by atoms with Crippen molar-refractivity contribution in [2.24, 2.45) is 0 Å². The Morgan fingerprint density at radius 3 is 2.87 bits per heavy atom. The van der Waals surface area contributed by atoms with Crippen molar-refractivity contribution in [3.05, 3.63) is 0 Å². The molecule has 0 saturated carbocycles. The molecule has 1 fully saturated rings. The number of sulfone groups is 1. The number of nitrogens with zero attached hydrogens (tertiary/aromatic N) is 1. The maximum Gasteiger partial charge on any atom is 0.147 e. The molecule has 1 N–H and O–H groups in total. The van der Waals surface area contributed by atoms with Crippen LogP contribution in [0.15, 0.2) is 0 Å². The maximum atomic E-state index is 10.9. The molecule has 0 aromatic rings. The number of aliphatic hydroxyl groups is 1. The molecular weight excluding hydrogens is 218 g/mol. The van der Waals surface area contributed by atoms with Gasteiger partial charge in [-0.1, -0.05) is 0 Å². The van der Waals surface area contributed by atoms with Gasteiger partial charge in [0.15, 0.2) is 0 Å². The van der Waals surface area contributed by atoms with Crippen molar-refractivity contribution in [2.45, 2.75) is 12.5 Å². The van der Waals surface area contributed by atoms with Crippen molar-refractivity contribution >= 4 is 9.84 Å². The monoisotopic (exact) mass is 237 g/mol. The Morgan fingerprint density at radius 1 is 1.53 bits per heavy atom. The second kappa shape index (κ2) is 5.79. The minimum absolute atomic E-state index is 0.0262. The smallest absolute Gasteiger partial charge is 0.147 e. The molecule has 6 heteroatoms. The highest BCUT2D eigenvalue weighted by Crippen LogP contribution is 2.07. The van der Waals surface area contributed by atoms with Crippen molar-refractivity contribution < 1.29 is 18.3 Å². The van der Waals surface area contributed by atoms with Crippen molar-refractivity contribution in [1.82, 2.24) is 4.90 Å². The Kier molecular flexibility index (Phi) is 4.98. The molecule has 1 saturated heterocycles. The predicted molar refractivity (Wildman–Crippen MR) is 57.6 cm³/mol. The van der Waals surface area contributed by atoms with E-state index in [4.69, 9.17) is 9.84 Å². The van der Waals surface area contributed by atoms with E-state index in [2.05, 4.69) is 4.90 Å². The summed E-state index contributed by atoms with van der Waals surface area (Å²) in [7, 11) is -2.87. The highest BCUT2D eigenvalue weighted by Gasteiger charge is 2.21. The zero-order chi connectivity index (χ0) is 11.3. The summed E-state index contributed by atoms with van der Waals surface area (Å²) in [5.41, 5.74) is 0. The van der Waals surface area contributed by atoms with Gasteiger partial charge in [-0.05, 0) is 13.0 Å². The van der Waals surface area contributed by atoms with Crippen LogP contribution in [0.25, 0.3) is 0 Å². The predicted octanol–water partition coefficient (Wildman–Crippen LogP) is -0.886. The fourth-order valence-corrected chi connectivity index (χ4v) is 2.34. The molecule has 0 aliphatic carbocycles. The fourth-order valence-electron chi connectivity index (χ4n) is 1.68. The van der Waals surface area contributed by atoms with Crippen molar-refractivity contribution in [2.75, 3.05) is 44.9 Å². The van der Waals surface area contributed by atoms with E-state index in [1.54, 1.807) is 0 Å².